The topological polar surface area (TPSA) is 75.5 Å². The van der Waals surface area contributed by atoms with Gasteiger partial charge in [0.1, 0.15) is 0 Å². The Morgan fingerprint density at radius 3 is 2.62 bits per heavy atom. The van der Waals surface area contributed by atoms with E-state index in [1.165, 1.54) is 18.2 Å². The highest BCUT2D eigenvalue weighted by Crippen LogP contribution is 2.26. The van der Waals surface area contributed by atoms with E-state index < -0.39 is 4.92 Å². The molecule has 1 aromatic rings. The van der Waals surface area contributed by atoms with Gasteiger partial charge in [-0.05, 0) is 19.5 Å². The Labute approximate surface area is 128 Å². The SMILES string of the molecule is C=C(C)CN(CC)CC(=O)Nc1ccc([N+](=O)[O-])cc1Cl. The van der Waals surface area contributed by atoms with Crippen LogP contribution in [0.25, 0.3) is 0 Å². The second-order valence-corrected chi connectivity index (χ2v) is 5.14. The van der Waals surface area contributed by atoms with Gasteiger partial charge in [0.25, 0.3) is 5.69 Å². The number of hydrogen-bond acceptors (Lipinski definition) is 4. The van der Waals surface area contributed by atoms with Crippen molar-refractivity contribution in [1.29, 1.82) is 0 Å². The fraction of sp³-hybridized carbons (Fsp3) is 0.357. The molecule has 1 N–H and O–H groups in total. The highest BCUT2D eigenvalue weighted by Gasteiger charge is 2.13. The lowest BCUT2D eigenvalue weighted by molar-refractivity contribution is -0.384. The van der Waals surface area contributed by atoms with Crippen molar-refractivity contribution in [2.75, 3.05) is 25.0 Å². The maximum absolute atomic E-state index is 12.0. The zero-order chi connectivity index (χ0) is 16.0. The predicted molar refractivity (Wildman–Crippen MR) is 83.7 cm³/mol. The Bertz CT molecular complexity index is 560. The first-order chi connectivity index (χ1) is 9.83. The number of hydrogen-bond donors (Lipinski definition) is 1. The summed E-state index contributed by atoms with van der Waals surface area (Å²) < 4.78 is 0. The highest BCUT2D eigenvalue weighted by molar-refractivity contribution is 6.34. The average molecular weight is 312 g/mol. The van der Waals surface area contributed by atoms with Gasteiger partial charge in [-0.25, -0.2) is 0 Å². The van der Waals surface area contributed by atoms with Crippen LogP contribution in [0, 0.1) is 10.1 Å². The number of rotatable bonds is 7. The van der Waals surface area contributed by atoms with E-state index in [1.807, 2.05) is 18.7 Å². The summed E-state index contributed by atoms with van der Waals surface area (Å²) in [5, 5.41) is 13.4. The molecule has 1 amide bonds. The van der Waals surface area contributed by atoms with Gasteiger partial charge in [-0.3, -0.25) is 19.8 Å². The summed E-state index contributed by atoms with van der Waals surface area (Å²) >= 11 is 5.93. The largest absolute Gasteiger partial charge is 0.324 e. The summed E-state index contributed by atoms with van der Waals surface area (Å²) in [6.07, 6.45) is 0. The van der Waals surface area contributed by atoms with Crippen molar-refractivity contribution in [3.8, 4) is 0 Å². The third kappa shape index (κ3) is 5.53. The Balaban J connectivity index is 2.70. The molecule has 6 nitrogen and oxygen atoms in total. The molecule has 0 atom stereocenters. The standard InChI is InChI=1S/C14H18ClN3O3/c1-4-17(8-10(2)3)9-14(19)16-13-6-5-11(18(20)21)7-12(13)15/h5-7H,2,4,8-9H2,1,3H3,(H,16,19). The summed E-state index contributed by atoms with van der Waals surface area (Å²) in [4.78, 5) is 24.0. The lowest BCUT2D eigenvalue weighted by atomic mass is 10.2. The van der Waals surface area contributed by atoms with Crippen LogP contribution >= 0.6 is 11.6 Å². The molecule has 0 bridgehead atoms. The first-order valence-electron chi connectivity index (χ1n) is 6.44. The van der Waals surface area contributed by atoms with Gasteiger partial charge in [0.15, 0.2) is 0 Å². The van der Waals surface area contributed by atoms with Crippen molar-refractivity contribution < 1.29 is 9.72 Å². The molecule has 21 heavy (non-hydrogen) atoms. The van der Waals surface area contributed by atoms with E-state index in [-0.39, 0.29) is 23.2 Å². The van der Waals surface area contributed by atoms with Crippen molar-refractivity contribution in [2.24, 2.45) is 0 Å². The fourth-order valence-corrected chi connectivity index (χ4v) is 2.00. The van der Waals surface area contributed by atoms with Crippen LogP contribution in [0.2, 0.25) is 5.02 Å². The van der Waals surface area contributed by atoms with Gasteiger partial charge in [-0.2, -0.15) is 0 Å². The Morgan fingerprint density at radius 1 is 1.48 bits per heavy atom. The fourth-order valence-electron chi connectivity index (χ4n) is 1.77. The summed E-state index contributed by atoms with van der Waals surface area (Å²) in [6.45, 7) is 9.22. The molecule has 0 aromatic heterocycles. The number of halogens is 1. The molecule has 0 saturated heterocycles. The molecule has 0 aliphatic carbocycles. The first-order valence-corrected chi connectivity index (χ1v) is 6.81. The molecule has 114 valence electrons. The van der Waals surface area contributed by atoms with Crippen LogP contribution < -0.4 is 5.32 Å². The maximum Gasteiger partial charge on any atom is 0.271 e. The Hall–Kier alpha value is -1.92. The quantitative estimate of drug-likeness (QED) is 0.477. The van der Waals surface area contributed by atoms with Gasteiger partial charge < -0.3 is 5.32 Å². The number of benzene rings is 1. The van der Waals surface area contributed by atoms with Crippen LogP contribution in [-0.4, -0.2) is 35.4 Å². The molecular weight excluding hydrogens is 294 g/mol. The van der Waals surface area contributed by atoms with Crippen LogP contribution in [0.5, 0.6) is 0 Å². The molecule has 0 aliphatic heterocycles. The van der Waals surface area contributed by atoms with Gasteiger partial charge in [-0.15, -0.1) is 0 Å². The number of amides is 1. The lowest BCUT2D eigenvalue weighted by Gasteiger charge is -2.19. The molecule has 0 spiro atoms. The second-order valence-electron chi connectivity index (χ2n) is 4.73. The smallest absolute Gasteiger partial charge is 0.271 e. The third-order valence-corrected chi connectivity index (χ3v) is 3.06. The number of carbonyl (C=O) groups is 1. The molecule has 0 aliphatic rings. The zero-order valence-electron chi connectivity index (χ0n) is 12.1. The van der Waals surface area contributed by atoms with Gasteiger partial charge in [0.2, 0.25) is 5.91 Å². The number of nitrogens with one attached hydrogen (secondary N) is 1. The van der Waals surface area contributed by atoms with E-state index in [9.17, 15) is 14.9 Å². The second kappa shape index (κ2) is 7.75. The third-order valence-electron chi connectivity index (χ3n) is 2.75. The number of carbonyl (C=O) groups excluding carboxylic acids is 1. The van der Waals surface area contributed by atoms with Crippen molar-refractivity contribution in [3.05, 3.63) is 45.5 Å². The molecule has 0 radical (unpaired) electrons. The van der Waals surface area contributed by atoms with E-state index in [4.69, 9.17) is 11.6 Å². The van der Waals surface area contributed by atoms with E-state index in [2.05, 4.69) is 11.9 Å². The summed E-state index contributed by atoms with van der Waals surface area (Å²) in [5.74, 6) is -0.228. The number of nitrogens with zero attached hydrogens (tertiary/aromatic N) is 2. The van der Waals surface area contributed by atoms with Gasteiger partial charge in [0, 0.05) is 18.7 Å². The van der Waals surface area contributed by atoms with E-state index in [1.54, 1.807) is 0 Å². The van der Waals surface area contributed by atoms with Crippen molar-refractivity contribution in [3.63, 3.8) is 0 Å². The predicted octanol–water partition coefficient (Wildman–Crippen LogP) is 3.08. The molecule has 0 fully saturated rings. The maximum atomic E-state index is 12.0. The van der Waals surface area contributed by atoms with Crippen LogP contribution in [0.15, 0.2) is 30.4 Å². The number of nitro groups is 1. The molecule has 0 heterocycles. The number of likely N-dealkylation sites (N-methyl/N-ethyl adjacent to an activating group) is 1. The number of non-ortho nitro benzene ring substituents is 1. The average Bonchev–Trinajstić information content (AvgIpc) is 2.39. The zero-order valence-corrected chi connectivity index (χ0v) is 12.8. The molecule has 0 saturated carbocycles. The monoisotopic (exact) mass is 311 g/mol. The van der Waals surface area contributed by atoms with Gasteiger partial charge in [-0.1, -0.05) is 30.7 Å². The Kier molecular flexibility index (Phi) is 6.33. The number of nitro benzene ring substituents is 1. The van der Waals surface area contributed by atoms with Gasteiger partial charge >= 0.3 is 0 Å². The van der Waals surface area contributed by atoms with Gasteiger partial charge in [0.05, 0.1) is 22.2 Å². The molecule has 0 unspecified atom stereocenters. The highest BCUT2D eigenvalue weighted by atomic mass is 35.5. The van der Waals surface area contributed by atoms with Crippen LogP contribution in [-0.2, 0) is 4.79 Å². The van der Waals surface area contributed by atoms with Crippen LogP contribution in [0.1, 0.15) is 13.8 Å². The summed E-state index contributed by atoms with van der Waals surface area (Å²) in [6, 6.07) is 3.93. The molecule has 1 aromatic carbocycles. The molecule has 7 heteroatoms. The van der Waals surface area contributed by atoms with Crippen LogP contribution in [0.4, 0.5) is 11.4 Å². The molecular formula is C14H18ClN3O3. The van der Waals surface area contributed by atoms with Crippen molar-refractivity contribution in [1.82, 2.24) is 4.90 Å². The van der Waals surface area contributed by atoms with Crippen LogP contribution in [0.3, 0.4) is 0 Å². The summed E-state index contributed by atoms with van der Waals surface area (Å²) in [5.41, 5.74) is 1.21. The minimum atomic E-state index is -0.539. The number of anilines is 1. The van der Waals surface area contributed by atoms with E-state index in [0.717, 1.165) is 5.57 Å². The van der Waals surface area contributed by atoms with E-state index in [0.29, 0.717) is 18.8 Å². The Morgan fingerprint density at radius 2 is 2.14 bits per heavy atom. The van der Waals surface area contributed by atoms with E-state index >= 15 is 0 Å². The van der Waals surface area contributed by atoms with Crippen molar-refractivity contribution >= 4 is 28.9 Å². The minimum absolute atomic E-state index is 0.115. The summed E-state index contributed by atoms with van der Waals surface area (Å²) in [7, 11) is 0. The van der Waals surface area contributed by atoms with Crippen molar-refractivity contribution in [2.45, 2.75) is 13.8 Å². The first kappa shape index (κ1) is 17.1. The minimum Gasteiger partial charge on any atom is -0.324 e. The molecule has 1 rings (SSSR count). The lowest BCUT2D eigenvalue weighted by Crippen LogP contribution is -2.34. The normalized spacial score (nSPS) is 10.5.